The highest BCUT2D eigenvalue weighted by atomic mass is 127. The molecule has 0 atom stereocenters. The van der Waals surface area contributed by atoms with E-state index < -0.39 is 0 Å². The van der Waals surface area contributed by atoms with Crippen molar-refractivity contribution in [3.05, 3.63) is 88.0 Å². The molecular formula is C21H15IN4O. The van der Waals surface area contributed by atoms with E-state index in [-0.39, 0.29) is 5.91 Å². The number of rotatable bonds is 4. The molecule has 0 saturated carbocycles. The Morgan fingerprint density at radius 3 is 2.37 bits per heavy atom. The quantitative estimate of drug-likeness (QED) is 0.416. The van der Waals surface area contributed by atoms with Gasteiger partial charge in [0.1, 0.15) is 0 Å². The number of hydrogen-bond donors (Lipinski definition) is 2. The van der Waals surface area contributed by atoms with Gasteiger partial charge in [0, 0.05) is 20.3 Å². The summed E-state index contributed by atoms with van der Waals surface area (Å²) in [5.41, 5.74) is 3.00. The van der Waals surface area contributed by atoms with E-state index in [9.17, 15) is 4.79 Å². The second-order valence-corrected chi connectivity index (χ2v) is 7.13. The van der Waals surface area contributed by atoms with Crippen LogP contribution >= 0.6 is 22.6 Å². The third kappa shape index (κ3) is 3.90. The number of carbonyl (C=O) groups excluding carboxylic acids is 1. The number of amides is 1. The van der Waals surface area contributed by atoms with Crippen LogP contribution in [0.2, 0.25) is 0 Å². The molecule has 132 valence electrons. The third-order valence-electron chi connectivity index (χ3n) is 4.05. The van der Waals surface area contributed by atoms with Crippen LogP contribution in [0.15, 0.2) is 78.9 Å². The van der Waals surface area contributed by atoms with Crippen LogP contribution in [-0.4, -0.2) is 21.1 Å². The van der Waals surface area contributed by atoms with Crippen molar-refractivity contribution in [2.75, 3.05) is 5.32 Å². The lowest BCUT2D eigenvalue weighted by atomic mass is 10.1. The summed E-state index contributed by atoms with van der Waals surface area (Å²) >= 11 is 2.21. The maximum Gasteiger partial charge on any atom is 0.255 e. The number of nitrogens with zero attached hydrogens (tertiary/aromatic N) is 2. The molecule has 1 heterocycles. The molecule has 4 aromatic rings. The van der Waals surface area contributed by atoms with Crippen molar-refractivity contribution in [2.24, 2.45) is 0 Å². The zero-order chi connectivity index (χ0) is 18.6. The lowest BCUT2D eigenvalue weighted by Gasteiger charge is -2.09. The van der Waals surface area contributed by atoms with Gasteiger partial charge in [-0.15, -0.1) is 0 Å². The summed E-state index contributed by atoms with van der Waals surface area (Å²) in [6.45, 7) is 0. The number of benzene rings is 3. The van der Waals surface area contributed by atoms with Crippen molar-refractivity contribution in [1.29, 1.82) is 0 Å². The van der Waals surface area contributed by atoms with Gasteiger partial charge in [0.15, 0.2) is 11.6 Å². The van der Waals surface area contributed by atoms with Crippen LogP contribution in [0.5, 0.6) is 0 Å². The molecule has 1 amide bonds. The number of nitrogens with one attached hydrogen (secondary N) is 2. The number of anilines is 1. The second-order valence-electron chi connectivity index (χ2n) is 5.88. The van der Waals surface area contributed by atoms with E-state index >= 15 is 0 Å². The summed E-state index contributed by atoms with van der Waals surface area (Å²) < 4.78 is 1.08. The Hall–Kier alpha value is -3.00. The van der Waals surface area contributed by atoms with E-state index in [0.29, 0.717) is 22.9 Å². The van der Waals surface area contributed by atoms with Gasteiger partial charge in [0.2, 0.25) is 0 Å². The highest BCUT2D eigenvalue weighted by Crippen LogP contribution is 2.27. The number of hydrogen-bond acceptors (Lipinski definition) is 3. The Morgan fingerprint density at radius 1 is 0.889 bits per heavy atom. The largest absolute Gasteiger partial charge is 0.321 e. The van der Waals surface area contributed by atoms with Crippen LogP contribution in [0.4, 0.5) is 5.69 Å². The van der Waals surface area contributed by atoms with Gasteiger partial charge in [-0.25, -0.2) is 4.98 Å². The molecule has 0 spiro atoms. The highest BCUT2D eigenvalue weighted by molar-refractivity contribution is 14.1. The van der Waals surface area contributed by atoms with Crippen LogP contribution in [0.1, 0.15) is 10.4 Å². The number of carbonyl (C=O) groups is 1. The first-order valence-electron chi connectivity index (χ1n) is 8.35. The van der Waals surface area contributed by atoms with Crippen molar-refractivity contribution in [3.8, 4) is 22.8 Å². The first-order valence-corrected chi connectivity index (χ1v) is 9.43. The predicted octanol–water partition coefficient (Wildman–Crippen LogP) is 5.00. The Balaban J connectivity index is 1.63. The Kier molecular flexibility index (Phi) is 4.97. The molecule has 0 fully saturated rings. The molecule has 4 rings (SSSR count). The Bertz CT molecular complexity index is 1070. The molecule has 0 unspecified atom stereocenters. The minimum Gasteiger partial charge on any atom is -0.321 e. The number of aromatic amines is 1. The van der Waals surface area contributed by atoms with Crippen LogP contribution in [0, 0.1) is 3.57 Å². The van der Waals surface area contributed by atoms with E-state index in [4.69, 9.17) is 0 Å². The molecule has 0 radical (unpaired) electrons. The molecule has 0 aliphatic rings. The minimum atomic E-state index is -0.165. The summed E-state index contributed by atoms with van der Waals surface area (Å²) in [6.07, 6.45) is 0. The van der Waals surface area contributed by atoms with Gasteiger partial charge < -0.3 is 5.32 Å². The van der Waals surface area contributed by atoms with Crippen molar-refractivity contribution in [2.45, 2.75) is 0 Å². The lowest BCUT2D eigenvalue weighted by molar-refractivity contribution is 0.102. The zero-order valence-electron chi connectivity index (χ0n) is 14.2. The molecule has 5 nitrogen and oxygen atoms in total. The van der Waals surface area contributed by atoms with Crippen LogP contribution in [0.25, 0.3) is 22.8 Å². The van der Waals surface area contributed by atoms with Gasteiger partial charge >= 0.3 is 0 Å². The zero-order valence-corrected chi connectivity index (χ0v) is 16.3. The van der Waals surface area contributed by atoms with E-state index in [1.807, 2.05) is 78.9 Å². The van der Waals surface area contributed by atoms with Crippen molar-refractivity contribution < 1.29 is 4.79 Å². The molecule has 3 aromatic carbocycles. The van der Waals surface area contributed by atoms with Gasteiger partial charge in [-0.3, -0.25) is 9.89 Å². The average Bonchev–Trinajstić information content (AvgIpc) is 3.19. The minimum absolute atomic E-state index is 0.165. The molecule has 0 aliphatic carbocycles. The molecule has 0 aliphatic heterocycles. The summed E-state index contributed by atoms with van der Waals surface area (Å²) in [7, 11) is 0. The molecular weight excluding hydrogens is 451 g/mol. The number of H-pyrrole nitrogens is 1. The number of halogens is 1. The van der Waals surface area contributed by atoms with Crippen molar-refractivity contribution in [3.63, 3.8) is 0 Å². The first kappa shape index (κ1) is 17.4. The highest BCUT2D eigenvalue weighted by Gasteiger charge is 2.13. The summed E-state index contributed by atoms with van der Waals surface area (Å²) in [5.74, 6) is 1.05. The fourth-order valence-corrected chi connectivity index (χ4v) is 3.05. The molecule has 6 heteroatoms. The fraction of sp³-hybridized carbons (Fsp3) is 0. The Morgan fingerprint density at radius 2 is 1.59 bits per heavy atom. The number of para-hydroxylation sites is 1. The molecule has 1 aromatic heterocycles. The van der Waals surface area contributed by atoms with Crippen molar-refractivity contribution >= 4 is 34.2 Å². The van der Waals surface area contributed by atoms with Crippen LogP contribution < -0.4 is 5.32 Å². The monoisotopic (exact) mass is 466 g/mol. The van der Waals surface area contributed by atoms with Crippen LogP contribution in [0.3, 0.4) is 0 Å². The van der Waals surface area contributed by atoms with E-state index in [1.54, 1.807) is 0 Å². The fourth-order valence-electron chi connectivity index (χ4n) is 2.69. The first-order chi connectivity index (χ1) is 13.2. The standard InChI is InChI=1S/C21H15IN4O/c22-16-12-10-15(11-13-16)21(27)23-18-9-5-4-8-17(18)20-24-19(25-26-20)14-6-2-1-3-7-14/h1-13H,(H,23,27)(H,24,25,26). The second kappa shape index (κ2) is 7.71. The Labute approximate surface area is 170 Å². The topological polar surface area (TPSA) is 70.7 Å². The predicted molar refractivity (Wildman–Crippen MR) is 114 cm³/mol. The summed E-state index contributed by atoms with van der Waals surface area (Å²) in [5, 5.41) is 10.2. The summed E-state index contributed by atoms with van der Waals surface area (Å²) in [6, 6.07) is 24.7. The third-order valence-corrected chi connectivity index (χ3v) is 4.77. The van der Waals surface area contributed by atoms with Gasteiger partial charge in [0.05, 0.1) is 5.69 Å². The average molecular weight is 466 g/mol. The smallest absolute Gasteiger partial charge is 0.255 e. The van der Waals surface area contributed by atoms with Crippen LogP contribution in [-0.2, 0) is 0 Å². The lowest BCUT2D eigenvalue weighted by Crippen LogP contribution is -2.12. The molecule has 2 N–H and O–H groups in total. The maximum atomic E-state index is 12.6. The number of aromatic nitrogens is 3. The molecule has 0 saturated heterocycles. The van der Waals surface area contributed by atoms with Gasteiger partial charge in [-0.1, -0.05) is 42.5 Å². The van der Waals surface area contributed by atoms with Gasteiger partial charge in [0.25, 0.3) is 5.91 Å². The molecule has 0 bridgehead atoms. The SMILES string of the molecule is O=C(Nc1ccccc1-c1nc(-c2ccccc2)n[nH]1)c1ccc(I)cc1. The van der Waals surface area contributed by atoms with E-state index in [2.05, 4.69) is 43.1 Å². The summed E-state index contributed by atoms with van der Waals surface area (Å²) in [4.78, 5) is 17.2. The van der Waals surface area contributed by atoms with E-state index in [0.717, 1.165) is 14.7 Å². The van der Waals surface area contributed by atoms with Gasteiger partial charge in [-0.05, 0) is 59.0 Å². The van der Waals surface area contributed by atoms with Gasteiger partial charge in [-0.2, -0.15) is 5.10 Å². The maximum absolute atomic E-state index is 12.6. The van der Waals surface area contributed by atoms with Crippen molar-refractivity contribution in [1.82, 2.24) is 15.2 Å². The normalized spacial score (nSPS) is 10.6. The van der Waals surface area contributed by atoms with E-state index in [1.165, 1.54) is 0 Å². The molecule has 27 heavy (non-hydrogen) atoms.